The van der Waals surface area contributed by atoms with Crippen LogP contribution in [0.5, 0.6) is 5.75 Å². The fourth-order valence-corrected chi connectivity index (χ4v) is 2.99. The van der Waals surface area contributed by atoms with Crippen molar-refractivity contribution in [3.63, 3.8) is 0 Å². The number of halogens is 1. The average molecular weight is 271 g/mol. The molecular weight excluding hydrogens is 260 g/mol. The van der Waals surface area contributed by atoms with E-state index in [0.29, 0.717) is 0 Å². The number of hydrogen-bond acceptors (Lipinski definition) is 2. The molecule has 0 saturated carbocycles. The zero-order valence-corrected chi connectivity index (χ0v) is 10.5. The first-order valence-electron chi connectivity index (χ1n) is 4.37. The second-order valence-corrected chi connectivity index (χ2v) is 4.91. The fourth-order valence-electron chi connectivity index (χ4n) is 1.53. The van der Waals surface area contributed by atoms with Gasteiger partial charge in [0.1, 0.15) is 5.75 Å². The molecule has 0 fully saturated rings. The van der Waals surface area contributed by atoms with Gasteiger partial charge in [-0.15, -0.1) is 11.3 Å². The van der Waals surface area contributed by atoms with Gasteiger partial charge in [-0.2, -0.15) is 0 Å². The summed E-state index contributed by atoms with van der Waals surface area (Å²) < 4.78 is 6.60. The largest absolute Gasteiger partial charge is 0.497 e. The van der Waals surface area contributed by atoms with Gasteiger partial charge in [0, 0.05) is 14.9 Å². The molecule has 0 bridgehead atoms. The van der Waals surface area contributed by atoms with E-state index in [2.05, 4.69) is 41.1 Å². The topological polar surface area (TPSA) is 9.23 Å². The van der Waals surface area contributed by atoms with Crippen molar-refractivity contribution in [2.45, 2.75) is 12.3 Å². The van der Waals surface area contributed by atoms with Crippen molar-refractivity contribution in [2.24, 2.45) is 0 Å². The SMILES string of the molecule is COc1cc(C)c2sc(CBr)cc2c1. The zero-order chi connectivity index (χ0) is 10.1. The highest BCUT2D eigenvalue weighted by molar-refractivity contribution is 9.08. The monoisotopic (exact) mass is 270 g/mol. The quantitative estimate of drug-likeness (QED) is 0.747. The molecule has 0 amide bonds. The minimum absolute atomic E-state index is 0.925. The highest BCUT2D eigenvalue weighted by Crippen LogP contribution is 2.32. The van der Waals surface area contributed by atoms with E-state index >= 15 is 0 Å². The van der Waals surface area contributed by atoms with Crippen molar-refractivity contribution in [3.05, 3.63) is 28.6 Å². The number of aryl methyl sites for hydroxylation is 1. The van der Waals surface area contributed by atoms with E-state index in [1.54, 1.807) is 7.11 Å². The number of rotatable bonds is 2. The van der Waals surface area contributed by atoms with Gasteiger partial charge in [0.2, 0.25) is 0 Å². The van der Waals surface area contributed by atoms with Gasteiger partial charge in [-0.3, -0.25) is 0 Å². The Labute approximate surface area is 95.8 Å². The lowest BCUT2D eigenvalue weighted by atomic mass is 10.2. The summed E-state index contributed by atoms with van der Waals surface area (Å²) >= 11 is 5.32. The molecule has 3 heteroatoms. The molecule has 0 aliphatic carbocycles. The van der Waals surface area contributed by atoms with Crippen molar-refractivity contribution in [1.82, 2.24) is 0 Å². The molecule has 1 heterocycles. The van der Waals surface area contributed by atoms with E-state index < -0.39 is 0 Å². The third-order valence-electron chi connectivity index (χ3n) is 2.19. The molecule has 1 aromatic carbocycles. The first-order chi connectivity index (χ1) is 6.74. The molecule has 0 N–H and O–H groups in total. The summed E-state index contributed by atoms with van der Waals surface area (Å²) in [5.41, 5.74) is 1.29. The Morgan fingerprint density at radius 1 is 1.36 bits per heavy atom. The zero-order valence-electron chi connectivity index (χ0n) is 8.13. The Balaban J connectivity index is 2.67. The molecule has 0 spiro atoms. The number of methoxy groups -OCH3 is 1. The van der Waals surface area contributed by atoms with Crippen LogP contribution in [0.1, 0.15) is 10.4 Å². The maximum atomic E-state index is 5.24. The normalized spacial score (nSPS) is 10.8. The van der Waals surface area contributed by atoms with Crippen LogP contribution in [0.2, 0.25) is 0 Å². The van der Waals surface area contributed by atoms with Gasteiger partial charge in [0.15, 0.2) is 0 Å². The Kier molecular flexibility index (Phi) is 2.79. The van der Waals surface area contributed by atoms with Crippen LogP contribution in [0.15, 0.2) is 18.2 Å². The number of fused-ring (bicyclic) bond motifs is 1. The third kappa shape index (κ3) is 1.66. The minimum Gasteiger partial charge on any atom is -0.497 e. The summed E-state index contributed by atoms with van der Waals surface area (Å²) in [7, 11) is 1.71. The molecule has 14 heavy (non-hydrogen) atoms. The van der Waals surface area contributed by atoms with Crippen molar-refractivity contribution in [3.8, 4) is 5.75 Å². The van der Waals surface area contributed by atoms with E-state index in [1.807, 2.05) is 11.3 Å². The molecule has 2 rings (SSSR count). The Hall–Kier alpha value is -0.540. The van der Waals surface area contributed by atoms with Crippen molar-refractivity contribution < 1.29 is 4.74 Å². The van der Waals surface area contributed by atoms with Crippen LogP contribution in [-0.2, 0) is 5.33 Å². The van der Waals surface area contributed by atoms with Crippen molar-refractivity contribution >= 4 is 37.4 Å². The lowest BCUT2D eigenvalue weighted by Crippen LogP contribution is -1.82. The molecule has 1 nitrogen and oxygen atoms in total. The maximum Gasteiger partial charge on any atom is 0.119 e. The second-order valence-electron chi connectivity index (χ2n) is 3.21. The minimum atomic E-state index is 0.925. The van der Waals surface area contributed by atoms with Gasteiger partial charge in [0.25, 0.3) is 0 Å². The van der Waals surface area contributed by atoms with Gasteiger partial charge in [-0.1, -0.05) is 15.9 Å². The molecular formula is C11H11BrOS. The molecule has 74 valence electrons. The highest BCUT2D eigenvalue weighted by atomic mass is 79.9. The summed E-state index contributed by atoms with van der Waals surface area (Å²) in [5, 5.41) is 2.20. The number of benzene rings is 1. The van der Waals surface area contributed by atoms with Gasteiger partial charge in [-0.05, 0) is 36.1 Å². The summed E-state index contributed by atoms with van der Waals surface area (Å²) in [6.45, 7) is 2.12. The highest BCUT2D eigenvalue weighted by Gasteiger charge is 2.05. The Morgan fingerprint density at radius 2 is 2.14 bits per heavy atom. The first-order valence-corrected chi connectivity index (χ1v) is 6.31. The molecule has 2 aromatic rings. The van der Waals surface area contributed by atoms with Crippen LogP contribution in [0.4, 0.5) is 0 Å². The van der Waals surface area contributed by atoms with E-state index in [4.69, 9.17) is 4.74 Å². The van der Waals surface area contributed by atoms with Crippen LogP contribution in [0.3, 0.4) is 0 Å². The van der Waals surface area contributed by atoms with Crippen LogP contribution in [0.25, 0.3) is 10.1 Å². The summed E-state index contributed by atoms with van der Waals surface area (Å²) in [4.78, 5) is 1.36. The van der Waals surface area contributed by atoms with E-state index in [9.17, 15) is 0 Å². The molecule has 0 atom stereocenters. The number of thiophene rings is 1. The lowest BCUT2D eigenvalue weighted by Gasteiger charge is -2.01. The maximum absolute atomic E-state index is 5.24. The third-order valence-corrected chi connectivity index (χ3v) is 4.46. The standard InChI is InChI=1S/C11H11BrOS/c1-7-3-9(13-2)4-8-5-10(6-12)14-11(7)8/h3-5H,6H2,1-2H3. The molecule has 0 aliphatic rings. The molecule has 0 radical (unpaired) electrons. The summed E-state index contributed by atoms with van der Waals surface area (Å²) in [6.07, 6.45) is 0. The Morgan fingerprint density at radius 3 is 2.79 bits per heavy atom. The predicted molar refractivity (Wildman–Crippen MR) is 65.7 cm³/mol. The average Bonchev–Trinajstić information content (AvgIpc) is 2.61. The summed E-state index contributed by atoms with van der Waals surface area (Å²) in [5.74, 6) is 0.939. The second kappa shape index (κ2) is 3.91. The first kappa shape index (κ1) is 9.99. The van der Waals surface area contributed by atoms with E-state index in [1.165, 1.54) is 20.5 Å². The molecule has 0 unspecified atom stereocenters. The van der Waals surface area contributed by atoms with Gasteiger partial charge < -0.3 is 4.74 Å². The lowest BCUT2D eigenvalue weighted by molar-refractivity contribution is 0.415. The van der Waals surface area contributed by atoms with Crippen LogP contribution >= 0.6 is 27.3 Å². The summed E-state index contributed by atoms with van der Waals surface area (Å²) in [6, 6.07) is 6.38. The van der Waals surface area contributed by atoms with Crippen LogP contribution < -0.4 is 4.74 Å². The fraction of sp³-hybridized carbons (Fsp3) is 0.273. The van der Waals surface area contributed by atoms with Gasteiger partial charge in [-0.25, -0.2) is 0 Å². The van der Waals surface area contributed by atoms with Gasteiger partial charge >= 0.3 is 0 Å². The molecule has 0 aliphatic heterocycles. The van der Waals surface area contributed by atoms with Gasteiger partial charge in [0.05, 0.1) is 7.11 Å². The smallest absolute Gasteiger partial charge is 0.119 e. The predicted octanol–water partition coefficient (Wildman–Crippen LogP) is 4.11. The van der Waals surface area contributed by atoms with E-state index in [0.717, 1.165) is 11.1 Å². The number of ether oxygens (including phenoxy) is 1. The number of hydrogen-bond donors (Lipinski definition) is 0. The number of alkyl halides is 1. The van der Waals surface area contributed by atoms with Crippen molar-refractivity contribution in [1.29, 1.82) is 0 Å². The van der Waals surface area contributed by atoms with Crippen LogP contribution in [-0.4, -0.2) is 7.11 Å². The van der Waals surface area contributed by atoms with Crippen LogP contribution in [0, 0.1) is 6.92 Å². The van der Waals surface area contributed by atoms with E-state index in [-0.39, 0.29) is 0 Å². The Bertz CT molecular complexity index is 462. The van der Waals surface area contributed by atoms with Crippen molar-refractivity contribution in [2.75, 3.05) is 7.11 Å². The molecule has 1 aromatic heterocycles. The molecule has 0 saturated heterocycles.